The molecule has 0 bridgehead atoms. The monoisotopic (exact) mass is 1040 g/mol. The first-order valence-electron chi connectivity index (χ1n) is 0. The lowest BCUT2D eigenvalue weighted by molar-refractivity contribution is 2.50. The zero-order valence-electron chi connectivity index (χ0n) is 0. The van der Waals surface area contributed by atoms with Crippen LogP contribution in [0.2, 0.25) is 0 Å². The second-order valence-electron chi connectivity index (χ2n) is 0. The Hall–Kier alpha value is 0. The summed E-state index contributed by atoms with van der Waals surface area (Å²) in [4.78, 5) is 0. The fourth-order valence-electron chi connectivity index (χ4n) is 0. The third-order valence-electron chi connectivity index (χ3n) is 0. The molecule has 0 saturated carbocycles. The first-order chi connectivity index (χ1) is 0. The van der Waals surface area contributed by atoms with Crippen molar-refractivity contribution in [1.82, 2.24) is 0 Å². The van der Waals surface area contributed by atoms with Crippen LogP contribution in [-0.2, 0) is 0 Å². The maximum absolute atomic E-state index is 0. The van der Waals surface area contributed by atoms with E-state index in [-0.39, 0.29) is 474 Å². The Bertz CT molecular complexity index is 64.9. The minimum atomic E-state index is 0. The average Bonchev–Trinajstić information content (AvgIpc) is 0. The molecule has 0 fully saturated rings. The molecule has 0 atom stereocenters. The van der Waals surface area contributed by atoms with Crippen molar-refractivity contribution in [2.45, 2.75) is 446 Å². The lowest BCUT2D eigenvalue weighted by Gasteiger charge is -0.0786. The topological polar surface area (TPSA) is 0 Å². The van der Waals surface area contributed by atoms with Gasteiger partial charge in [0, 0.05) is 28.5 Å². The van der Waals surface area contributed by atoms with Gasteiger partial charge in [-0.25, -0.2) is 0 Å². The normalized spacial score (nSPS) is 0. The summed E-state index contributed by atoms with van der Waals surface area (Å²) in [6, 6.07) is 0. The van der Waals surface area contributed by atoms with Gasteiger partial charge in [-0.2, -0.15) is 0 Å². The summed E-state index contributed by atoms with van der Waals surface area (Å²) in [5, 5.41) is 0. The van der Waals surface area contributed by atoms with E-state index in [1.807, 2.05) is 0 Å². The standard InChI is InChI=1S/60CH4.20H2/h60*1H4;20*1H/i;;;;;;;;;;;;;;;;;;;;;;;;;;;;;;;;;;;;;;;;;;;;;;;;;;;;;;;;;;;;20*1+2. The minimum absolute atomic E-state index is 0. The van der Waals surface area contributed by atoms with Crippen LogP contribution in [0.25, 0.3) is 0 Å². The van der Waals surface area contributed by atoms with Crippen LogP contribution in [0.1, 0.15) is 474 Å². The number of hydrogen-bond donors (Lipinski definition) is 0. The molecule has 0 heterocycles. The average molecular weight is 1040 g/mol. The van der Waals surface area contributed by atoms with Gasteiger partial charge in [0.15, 0.2) is 0 Å². The predicted molar refractivity (Wildman–Crippen MR) is 446 cm³/mol. The van der Waals surface area contributed by atoms with E-state index in [4.69, 9.17) is 0 Å². The highest BCUT2D eigenvalue weighted by Crippen LogP contribution is 0.203. The molecule has 0 amide bonds. The molecule has 0 aliphatic carbocycles. The molecule has 0 aromatic carbocycles. The molecule has 0 aliphatic heterocycles. The van der Waals surface area contributed by atoms with Gasteiger partial charge in [-0.1, -0.05) is 446 Å². The van der Waals surface area contributed by atoms with Crippen molar-refractivity contribution < 1.29 is 28.5 Å². The van der Waals surface area contributed by atoms with Gasteiger partial charge in [-0.3, -0.25) is 0 Å². The largest absolute Gasteiger partial charge is 0.0776 e. The van der Waals surface area contributed by atoms with E-state index in [0.717, 1.165) is 0 Å². The van der Waals surface area contributed by atoms with E-state index in [9.17, 15) is 0 Å². The second-order valence-corrected chi connectivity index (χ2v) is 0. The highest BCUT2D eigenvalue weighted by atomic mass is 12.1. The van der Waals surface area contributed by atoms with Gasteiger partial charge in [0.2, 0.25) is 0 Å². The van der Waals surface area contributed by atoms with Gasteiger partial charge in [0.1, 0.15) is 0 Å². The number of hydrogen-bond acceptors (Lipinski definition) is 0. The van der Waals surface area contributed by atoms with E-state index >= 15 is 0 Å². The van der Waals surface area contributed by atoms with Gasteiger partial charge in [-0.15, -0.1) is 0 Å². The van der Waals surface area contributed by atoms with Crippen LogP contribution in [0, 0.1) is 0 Å². The molecule has 0 radical (unpaired) electrons. The Kier molecular flexibility index (Phi) is 0. The van der Waals surface area contributed by atoms with Gasteiger partial charge in [0.25, 0.3) is 0 Å². The maximum atomic E-state index is 0. The molecular weight excluding hydrogens is 721 g/mol. The maximum Gasteiger partial charge on any atom is 0 e. The number of rotatable bonds is 0. The molecule has 0 nitrogen and oxygen atoms in total. The molecule has 0 heteroatoms. The summed E-state index contributed by atoms with van der Waals surface area (Å²) in [6.45, 7) is 0. The molecular formula is C60H280. The second kappa shape index (κ2) is 0. The zero-order chi connectivity index (χ0) is 0. The third kappa shape index (κ3) is 0. The molecule has 0 rings (SSSR count). The van der Waals surface area contributed by atoms with Crippen molar-refractivity contribution in [2.75, 3.05) is 0 Å². The van der Waals surface area contributed by atoms with Gasteiger partial charge in [-0.05, 0) is 0 Å². The van der Waals surface area contributed by atoms with Crippen molar-refractivity contribution in [1.29, 1.82) is 0 Å². The lowest BCUT2D eigenvalue weighted by atomic mass is 12.0. The SMILES string of the molecule is C.C.C.C.C.C.C.C.C.C.C.C.C.C.C.C.C.C.C.C.C.C.C.C.C.C.C.C.C.C.C.C.C.C.C.C.C.C.C.C.C.C.C.C.C.C.C.C.C.C.C.C.C.C.C.C.C.C.C.C.[3HH].[3HH].[3HH].[3HH].[3HH].[3HH].[3HH].[3HH].[3HH].[3HH].[3HH].[3HH].[3HH].[3HH].[3HH].[3HH].[3HH].[3HH].[3HH].[3HH]. The fourth-order valence-corrected chi connectivity index (χ4v) is 0. The van der Waals surface area contributed by atoms with Crippen LogP contribution in [0.15, 0.2) is 0 Å². The first kappa shape index (κ1) is 0. The summed E-state index contributed by atoms with van der Waals surface area (Å²) >= 11 is 0. The Morgan fingerprint density at radius 1 is 0.0333 bits per heavy atom. The molecule has 0 N–H and O–H groups in total. The first-order valence-corrected chi connectivity index (χ1v) is 0. The summed E-state index contributed by atoms with van der Waals surface area (Å²) in [6.07, 6.45) is 0. The van der Waals surface area contributed by atoms with Crippen molar-refractivity contribution in [3.05, 3.63) is 0 Å². The minimum Gasteiger partial charge on any atom is -0.0776 e. The highest BCUT2D eigenvalue weighted by Gasteiger charge is -0.0186. The Morgan fingerprint density at radius 3 is 0.0333 bits per heavy atom. The smallest absolute Gasteiger partial charge is 0 e. The summed E-state index contributed by atoms with van der Waals surface area (Å²) in [7, 11) is 0. The molecule has 0 saturated heterocycles. The van der Waals surface area contributed by atoms with E-state index in [2.05, 4.69) is 0 Å². The quantitative estimate of drug-likeness (QED) is 0.227. The van der Waals surface area contributed by atoms with Crippen LogP contribution in [0.3, 0.4) is 0 Å². The van der Waals surface area contributed by atoms with E-state index < -0.39 is 0 Å². The summed E-state index contributed by atoms with van der Waals surface area (Å²) in [5.74, 6) is 0. The van der Waals surface area contributed by atoms with Crippen LogP contribution in [0.5, 0.6) is 0 Å². The van der Waals surface area contributed by atoms with Crippen LogP contribution >= 0.6 is 0 Å². The van der Waals surface area contributed by atoms with Crippen molar-refractivity contribution in [3.63, 3.8) is 0 Å². The predicted octanol–water partition coefficient (Wildman–Crippen LogP) is 43.1. The van der Waals surface area contributed by atoms with E-state index in [1.54, 1.807) is 0 Å². The molecule has 0 aromatic heterocycles. The van der Waals surface area contributed by atoms with Crippen LogP contribution < -0.4 is 0 Å². The molecule has 0 aliphatic rings. The Labute approximate surface area is 473 Å². The van der Waals surface area contributed by atoms with Crippen molar-refractivity contribution >= 4 is 0 Å². The van der Waals surface area contributed by atoms with Crippen molar-refractivity contribution in [3.8, 4) is 0 Å². The Balaban J connectivity index is 0. The zero-order valence-corrected chi connectivity index (χ0v) is 0. The Morgan fingerprint density at radius 2 is 0.0333 bits per heavy atom. The van der Waals surface area contributed by atoms with Gasteiger partial charge in [0.05, 0.1) is 0 Å². The fraction of sp³-hybridized carbons (Fsp3) is 1.00. The van der Waals surface area contributed by atoms with Crippen LogP contribution in [0.4, 0.5) is 0 Å². The van der Waals surface area contributed by atoms with Crippen LogP contribution in [-0.4, -0.2) is 0 Å². The summed E-state index contributed by atoms with van der Waals surface area (Å²) in [5.41, 5.74) is 0. The van der Waals surface area contributed by atoms with Gasteiger partial charge < -0.3 is 0 Å². The molecule has 60 heavy (non-hydrogen) atoms. The molecule has 0 spiro atoms. The highest BCUT2D eigenvalue weighted by molar-refractivity contribution is 2.56. The van der Waals surface area contributed by atoms with E-state index in [1.165, 1.54) is 0 Å². The molecule has 0 aromatic rings. The van der Waals surface area contributed by atoms with Crippen molar-refractivity contribution in [2.24, 2.45) is 0 Å². The molecule has 520 valence electrons. The van der Waals surface area contributed by atoms with Gasteiger partial charge >= 0.3 is 0 Å². The lowest BCUT2D eigenvalue weighted by Crippen LogP contribution is 0.143. The van der Waals surface area contributed by atoms with E-state index in [0.29, 0.717) is 0 Å². The third-order valence-corrected chi connectivity index (χ3v) is 0. The summed E-state index contributed by atoms with van der Waals surface area (Å²) < 4.78 is 0. The molecule has 0 unspecified atom stereocenters.